The molecule has 0 aromatic carbocycles. The van der Waals surface area contributed by atoms with Crippen molar-refractivity contribution in [2.45, 2.75) is 92.4 Å². The van der Waals surface area contributed by atoms with Crippen molar-refractivity contribution >= 4 is 24.0 Å². The normalized spacial score (nSPS) is 14.8. The zero-order valence-electron chi connectivity index (χ0n) is 15.7. The average Bonchev–Trinajstić information content (AvgIpc) is 2.38. The lowest BCUT2D eigenvalue weighted by atomic mass is 9.91. The third-order valence-electron chi connectivity index (χ3n) is 4.58. The fourth-order valence-electron chi connectivity index (χ4n) is 2.97. The zero-order valence-corrected chi connectivity index (χ0v) is 18.1. The molecular formula is C20H41IO. The van der Waals surface area contributed by atoms with Crippen molar-refractivity contribution in [3.05, 3.63) is 11.6 Å². The van der Waals surface area contributed by atoms with Gasteiger partial charge in [-0.05, 0) is 37.5 Å². The number of hydrogen-bond donors (Lipinski definition) is 1. The SMILES string of the molecule is C/C(=C\CO)CCCC(C)CCCC(C)CCCC(C)C.I. The fraction of sp³-hybridized carbons (Fsp3) is 0.900. The maximum Gasteiger partial charge on any atom is 0.0614 e. The van der Waals surface area contributed by atoms with Gasteiger partial charge >= 0.3 is 0 Å². The van der Waals surface area contributed by atoms with Gasteiger partial charge in [-0.3, -0.25) is 0 Å². The average molecular weight is 424 g/mol. The highest BCUT2D eigenvalue weighted by Gasteiger charge is 2.06. The van der Waals surface area contributed by atoms with Gasteiger partial charge in [-0.1, -0.05) is 84.3 Å². The molecule has 0 aromatic rings. The summed E-state index contributed by atoms with van der Waals surface area (Å²) in [4.78, 5) is 0. The van der Waals surface area contributed by atoms with Gasteiger partial charge in [0, 0.05) is 0 Å². The largest absolute Gasteiger partial charge is 0.392 e. The van der Waals surface area contributed by atoms with Crippen LogP contribution in [0, 0.1) is 17.8 Å². The van der Waals surface area contributed by atoms with Crippen LogP contribution in [-0.4, -0.2) is 11.7 Å². The summed E-state index contributed by atoms with van der Waals surface area (Å²) >= 11 is 0. The molecule has 0 spiro atoms. The molecule has 0 aromatic heterocycles. The van der Waals surface area contributed by atoms with E-state index in [1.54, 1.807) is 0 Å². The van der Waals surface area contributed by atoms with Crippen LogP contribution in [0.25, 0.3) is 0 Å². The molecule has 2 heteroatoms. The standard InChI is InChI=1S/C20H40O.HI/c1-17(2)9-6-10-18(3)11-7-12-19(4)13-8-14-20(5)15-16-21;/h15,17-19,21H,6-14,16H2,1-5H3;1H/b20-15+;. The van der Waals surface area contributed by atoms with Crippen LogP contribution in [0.3, 0.4) is 0 Å². The number of allylic oxidation sites excluding steroid dienone is 1. The van der Waals surface area contributed by atoms with Crippen LogP contribution in [0.4, 0.5) is 0 Å². The van der Waals surface area contributed by atoms with Crippen molar-refractivity contribution in [3.63, 3.8) is 0 Å². The quantitative estimate of drug-likeness (QED) is 0.250. The van der Waals surface area contributed by atoms with Crippen molar-refractivity contribution in [2.24, 2.45) is 17.8 Å². The first-order valence-corrected chi connectivity index (χ1v) is 9.22. The molecule has 1 nitrogen and oxygen atoms in total. The maximum absolute atomic E-state index is 8.83. The summed E-state index contributed by atoms with van der Waals surface area (Å²) in [5.41, 5.74) is 1.34. The predicted octanol–water partition coefficient (Wildman–Crippen LogP) is 6.98. The molecule has 0 radical (unpaired) electrons. The van der Waals surface area contributed by atoms with E-state index in [0.29, 0.717) is 0 Å². The summed E-state index contributed by atoms with van der Waals surface area (Å²) in [6.45, 7) is 11.8. The molecule has 1 N–H and O–H groups in total. The van der Waals surface area contributed by atoms with E-state index in [-0.39, 0.29) is 30.6 Å². The first-order chi connectivity index (χ1) is 9.95. The second-order valence-corrected chi connectivity index (χ2v) is 7.59. The van der Waals surface area contributed by atoms with Crippen LogP contribution in [0.5, 0.6) is 0 Å². The van der Waals surface area contributed by atoms with Crippen molar-refractivity contribution in [1.29, 1.82) is 0 Å². The Bertz CT molecular complexity index is 260. The van der Waals surface area contributed by atoms with Crippen LogP contribution < -0.4 is 0 Å². The molecule has 134 valence electrons. The highest BCUT2D eigenvalue weighted by molar-refractivity contribution is 14.0. The minimum atomic E-state index is 0. The molecule has 0 fully saturated rings. The van der Waals surface area contributed by atoms with Crippen molar-refractivity contribution in [3.8, 4) is 0 Å². The summed E-state index contributed by atoms with van der Waals surface area (Å²) in [7, 11) is 0. The van der Waals surface area contributed by atoms with E-state index in [1.807, 2.05) is 6.08 Å². The molecule has 0 rings (SSSR count). The van der Waals surface area contributed by atoms with Crippen molar-refractivity contribution < 1.29 is 5.11 Å². The van der Waals surface area contributed by atoms with E-state index in [1.165, 1.54) is 56.9 Å². The fourth-order valence-corrected chi connectivity index (χ4v) is 2.97. The summed E-state index contributed by atoms with van der Waals surface area (Å²) in [6, 6.07) is 0. The van der Waals surface area contributed by atoms with E-state index >= 15 is 0 Å². The Morgan fingerprint density at radius 3 is 1.73 bits per heavy atom. The molecule has 0 aliphatic rings. The zero-order chi connectivity index (χ0) is 16.1. The van der Waals surface area contributed by atoms with E-state index in [4.69, 9.17) is 5.11 Å². The van der Waals surface area contributed by atoms with Crippen LogP contribution in [0.1, 0.15) is 92.4 Å². The molecule has 0 saturated carbocycles. The third-order valence-corrected chi connectivity index (χ3v) is 4.58. The first kappa shape index (κ1) is 24.7. The Morgan fingerprint density at radius 2 is 1.27 bits per heavy atom. The maximum atomic E-state index is 8.83. The van der Waals surface area contributed by atoms with Gasteiger partial charge in [0.15, 0.2) is 0 Å². The van der Waals surface area contributed by atoms with Gasteiger partial charge in [0.2, 0.25) is 0 Å². The number of rotatable bonds is 13. The van der Waals surface area contributed by atoms with E-state index in [2.05, 4.69) is 34.6 Å². The van der Waals surface area contributed by atoms with Crippen LogP contribution in [-0.2, 0) is 0 Å². The molecule has 0 bridgehead atoms. The minimum absolute atomic E-state index is 0. The first-order valence-electron chi connectivity index (χ1n) is 9.22. The number of hydrogen-bond acceptors (Lipinski definition) is 1. The molecular weight excluding hydrogens is 383 g/mol. The summed E-state index contributed by atoms with van der Waals surface area (Å²) in [5.74, 6) is 2.63. The molecule has 0 aliphatic heterocycles. The van der Waals surface area contributed by atoms with E-state index in [9.17, 15) is 0 Å². The molecule has 2 atom stereocenters. The van der Waals surface area contributed by atoms with Crippen LogP contribution >= 0.6 is 24.0 Å². The van der Waals surface area contributed by atoms with Gasteiger partial charge in [0.1, 0.15) is 0 Å². The molecule has 0 amide bonds. The lowest BCUT2D eigenvalue weighted by molar-refractivity contribution is 0.341. The summed E-state index contributed by atoms with van der Waals surface area (Å²) < 4.78 is 0. The van der Waals surface area contributed by atoms with Gasteiger partial charge in [0.05, 0.1) is 6.61 Å². The highest BCUT2D eigenvalue weighted by atomic mass is 127. The Labute approximate surface area is 157 Å². The number of aliphatic hydroxyl groups excluding tert-OH is 1. The number of halogens is 1. The number of aliphatic hydroxyl groups is 1. The van der Waals surface area contributed by atoms with E-state index in [0.717, 1.165) is 24.2 Å². The lowest BCUT2D eigenvalue weighted by Crippen LogP contribution is -2.00. The summed E-state index contributed by atoms with van der Waals surface area (Å²) in [5, 5.41) is 8.83. The Balaban J connectivity index is 0. The topological polar surface area (TPSA) is 20.2 Å². The minimum Gasteiger partial charge on any atom is -0.392 e. The molecule has 0 heterocycles. The molecule has 2 unspecified atom stereocenters. The second-order valence-electron chi connectivity index (χ2n) is 7.59. The highest BCUT2D eigenvalue weighted by Crippen LogP contribution is 2.21. The van der Waals surface area contributed by atoms with Crippen molar-refractivity contribution in [2.75, 3.05) is 6.61 Å². The smallest absolute Gasteiger partial charge is 0.0614 e. The van der Waals surface area contributed by atoms with Gasteiger partial charge < -0.3 is 5.11 Å². The van der Waals surface area contributed by atoms with Gasteiger partial charge in [-0.2, -0.15) is 0 Å². The van der Waals surface area contributed by atoms with Crippen molar-refractivity contribution in [1.82, 2.24) is 0 Å². The van der Waals surface area contributed by atoms with Crippen LogP contribution in [0.15, 0.2) is 11.6 Å². The predicted molar refractivity (Wildman–Crippen MR) is 111 cm³/mol. The second kappa shape index (κ2) is 16.3. The molecule has 22 heavy (non-hydrogen) atoms. The molecule has 0 aliphatic carbocycles. The summed E-state index contributed by atoms with van der Waals surface area (Å²) in [6.07, 6.45) is 14.1. The Hall–Kier alpha value is 0.430. The monoisotopic (exact) mass is 424 g/mol. The van der Waals surface area contributed by atoms with Gasteiger partial charge in [-0.15, -0.1) is 24.0 Å². The van der Waals surface area contributed by atoms with Gasteiger partial charge in [-0.25, -0.2) is 0 Å². The van der Waals surface area contributed by atoms with Gasteiger partial charge in [0.25, 0.3) is 0 Å². The lowest BCUT2D eigenvalue weighted by Gasteiger charge is -2.15. The van der Waals surface area contributed by atoms with E-state index < -0.39 is 0 Å². The van der Waals surface area contributed by atoms with Crippen LogP contribution in [0.2, 0.25) is 0 Å². The Morgan fingerprint density at radius 1 is 0.818 bits per heavy atom. The Kier molecular flexibility index (Phi) is 18.3. The third kappa shape index (κ3) is 16.8. The molecule has 0 saturated heterocycles.